The lowest BCUT2D eigenvalue weighted by Crippen LogP contribution is -2.14. The molecule has 0 amide bonds. The number of methoxy groups -OCH3 is 3. The first kappa shape index (κ1) is 22.0. The van der Waals surface area contributed by atoms with Crippen molar-refractivity contribution >= 4 is 22.7 Å². The van der Waals surface area contributed by atoms with Crippen molar-refractivity contribution in [2.24, 2.45) is 10.1 Å². The summed E-state index contributed by atoms with van der Waals surface area (Å²) in [6.45, 7) is 0. The van der Waals surface area contributed by atoms with Gasteiger partial charge < -0.3 is 14.2 Å². The van der Waals surface area contributed by atoms with Crippen molar-refractivity contribution in [1.82, 2.24) is 4.68 Å². The highest BCUT2D eigenvalue weighted by molar-refractivity contribution is 7.07. The van der Waals surface area contributed by atoms with E-state index >= 15 is 0 Å². The fourth-order valence-electron chi connectivity index (χ4n) is 4.13. The van der Waals surface area contributed by atoms with Crippen molar-refractivity contribution in [1.29, 1.82) is 0 Å². The molecule has 0 N–H and O–H groups in total. The van der Waals surface area contributed by atoms with E-state index in [9.17, 15) is 0 Å². The van der Waals surface area contributed by atoms with Gasteiger partial charge in [0, 0.05) is 16.5 Å². The first-order valence-corrected chi connectivity index (χ1v) is 11.9. The van der Waals surface area contributed by atoms with Gasteiger partial charge in [-0.3, -0.25) is 0 Å². The van der Waals surface area contributed by atoms with E-state index in [0.29, 0.717) is 5.75 Å². The number of ether oxygens (including phenoxy) is 3. The summed E-state index contributed by atoms with van der Waals surface area (Å²) >= 11 is 1.52. The largest absolute Gasteiger partial charge is 0.497 e. The molecule has 7 heteroatoms. The standard InChI is InChI=1S/C27H25N3O3S/c1-31-19-13-15-25(32-2)21(16-19)24-17-34-27(28-23-10-6-7-11-26(23)33-3)30(24)29-22-14-12-18-8-4-5-9-20(18)22/h4-11,13,15-17H,12,14H2,1-3H3. The number of aromatic nitrogens is 1. The maximum absolute atomic E-state index is 5.68. The molecule has 0 atom stereocenters. The minimum atomic E-state index is 0.710. The molecule has 5 rings (SSSR count). The number of benzene rings is 3. The molecule has 0 saturated heterocycles. The van der Waals surface area contributed by atoms with Gasteiger partial charge in [-0.2, -0.15) is 5.10 Å². The number of thiazole rings is 1. The van der Waals surface area contributed by atoms with Crippen LogP contribution in [0.25, 0.3) is 11.3 Å². The molecule has 3 aromatic carbocycles. The van der Waals surface area contributed by atoms with Crippen LogP contribution >= 0.6 is 11.3 Å². The van der Waals surface area contributed by atoms with Gasteiger partial charge in [-0.25, -0.2) is 9.67 Å². The second kappa shape index (κ2) is 9.57. The quantitative estimate of drug-likeness (QED) is 0.364. The summed E-state index contributed by atoms with van der Waals surface area (Å²) in [6.07, 6.45) is 1.86. The lowest BCUT2D eigenvalue weighted by Gasteiger charge is -2.12. The third-order valence-corrected chi connectivity index (χ3v) is 6.67. The van der Waals surface area contributed by atoms with E-state index in [4.69, 9.17) is 24.3 Å². The molecular formula is C27H25N3O3S. The second-order valence-corrected chi connectivity index (χ2v) is 8.61. The molecule has 172 valence electrons. The van der Waals surface area contributed by atoms with Gasteiger partial charge in [0.2, 0.25) is 4.80 Å². The molecule has 0 saturated carbocycles. The minimum absolute atomic E-state index is 0.710. The summed E-state index contributed by atoms with van der Waals surface area (Å²) in [4.78, 5) is 5.67. The van der Waals surface area contributed by atoms with Gasteiger partial charge in [-0.05, 0) is 48.7 Å². The van der Waals surface area contributed by atoms with E-state index in [1.54, 1.807) is 21.3 Å². The van der Waals surface area contributed by atoms with Crippen LogP contribution in [0, 0.1) is 0 Å². The summed E-state index contributed by atoms with van der Waals surface area (Å²) < 4.78 is 18.6. The summed E-state index contributed by atoms with van der Waals surface area (Å²) in [5.41, 5.74) is 6.06. The number of para-hydroxylation sites is 2. The Bertz CT molecular complexity index is 1440. The molecule has 0 spiro atoms. The molecule has 6 nitrogen and oxygen atoms in total. The molecule has 0 radical (unpaired) electrons. The monoisotopic (exact) mass is 471 g/mol. The number of rotatable bonds is 6. The SMILES string of the molecule is COc1ccc(OC)c(-c2csc(=Nc3ccccc3OC)n2N=C2CCc3ccccc32)c1. The number of fused-ring (bicyclic) bond motifs is 1. The van der Waals surface area contributed by atoms with Gasteiger partial charge in [-0.1, -0.05) is 36.4 Å². The Labute approximate surface area is 202 Å². The lowest BCUT2D eigenvalue weighted by molar-refractivity contribution is 0.404. The molecule has 1 heterocycles. The molecule has 0 aliphatic heterocycles. The van der Waals surface area contributed by atoms with Crippen LogP contribution in [0.5, 0.6) is 17.2 Å². The summed E-state index contributed by atoms with van der Waals surface area (Å²) in [5, 5.41) is 7.18. The first-order valence-electron chi connectivity index (χ1n) is 11.0. The minimum Gasteiger partial charge on any atom is -0.497 e. The van der Waals surface area contributed by atoms with Crippen LogP contribution in [0.3, 0.4) is 0 Å². The number of aryl methyl sites for hydroxylation is 1. The third-order valence-electron chi connectivity index (χ3n) is 5.85. The van der Waals surface area contributed by atoms with Gasteiger partial charge in [0.1, 0.15) is 22.9 Å². The van der Waals surface area contributed by atoms with Crippen LogP contribution in [0.1, 0.15) is 17.5 Å². The van der Waals surface area contributed by atoms with Crippen molar-refractivity contribution in [2.45, 2.75) is 12.8 Å². The van der Waals surface area contributed by atoms with Crippen LogP contribution in [0.4, 0.5) is 5.69 Å². The van der Waals surface area contributed by atoms with Gasteiger partial charge in [0.25, 0.3) is 0 Å². The van der Waals surface area contributed by atoms with E-state index < -0.39 is 0 Å². The molecule has 0 bridgehead atoms. The maximum atomic E-state index is 5.68. The molecular weight excluding hydrogens is 446 g/mol. The highest BCUT2D eigenvalue weighted by Gasteiger charge is 2.20. The summed E-state index contributed by atoms with van der Waals surface area (Å²) in [7, 11) is 4.98. The third kappa shape index (κ3) is 4.10. The number of nitrogens with zero attached hydrogens (tertiary/aromatic N) is 3. The van der Waals surface area contributed by atoms with Crippen LogP contribution in [0.15, 0.2) is 82.2 Å². The Morgan fingerprint density at radius 3 is 2.41 bits per heavy atom. The zero-order chi connectivity index (χ0) is 23.5. The molecule has 1 aliphatic rings. The van der Waals surface area contributed by atoms with Gasteiger partial charge in [-0.15, -0.1) is 11.3 Å². The first-order chi connectivity index (χ1) is 16.7. The predicted octanol–water partition coefficient (Wildman–Crippen LogP) is 5.67. The van der Waals surface area contributed by atoms with E-state index in [2.05, 4.69) is 29.6 Å². The zero-order valence-corrected chi connectivity index (χ0v) is 20.1. The maximum Gasteiger partial charge on any atom is 0.211 e. The normalized spacial score (nSPS) is 14.3. The van der Waals surface area contributed by atoms with Crippen LogP contribution in [0.2, 0.25) is 0 Å². The molecule has 1 aromatic heterocycles. The van der Waals surface area contributed by atoms with Crippen molar-refractivity contribution in [3.05, 3.63) is 88.0 Å². The highest BCUT2D eigenvalue weighted by Crippen LogP contribution is 2.35. The smallest absolute Gasteiger partial charge is 0.211 e. The van der Waals surface area contributed by atoms with Gasteiger partial charge in [0.15, 0.2) is 0 Å². The van der Waals surface area contributed by atoms with E-state index in [-0.39, 0.29) is 0 Å². The van der Waals surface area contributed by atoms with Gasteiger partial charge in [0.05, 0.1) is 32.7 Å². The Morgan fingerprint density at radius 1 is 0.794 bits per heavy atom. The topological polar surface area (TPSA) is 57.3 Å². The second-order valence-electron chi connectivity index (χ2n) is 7.77. The fraction of sp³-hybridized carbons (Fsp3) is 0.185. The molecule has 0 unspecified atom stereocenters. The van der Waals surface area contributed by atoms with Crippen LogP contribution < -0.4 is 19.0 Å². The molecule has 1 aliphatic carbocycles. The van der Waals surface area contributed by atoms with Crippen LogP contribution in [-0.4, -0.2) is 31.7 Å². The van der Waals surface area contributed by atoms with E-state index in [1.807, 2.05) is 47.1 Å². The number of hydrogen-bond acceptors (Lipinski definition) is 6. The Hall–Kier alpha value is -3.84. The Morgan fingerprint density at radius 2 is 1.59 bits per heavy atom. The zero-order valence-electron chi connectivity index (χ0n) is 19.3. The molecule has 4 aromatic rings. The Kier molecular flexibility index (Phi) is 6.18. The molecule has 34 heavy (non-hydrogen) atoms. The molecule has 0 fully saturated rings. The van der Waals surface area contributed by atoms with Crippen molar-refractivity contribution in [3.8, 4) is 28.5 Å². The van der Waals surface area contributed by atoms with Crippen molar-refractivity contribution in [3.63, 3.8) is 0 Å². The van der Waals surface area contributed by atoms with E-state index in [0.717, 1.165) is 51.8 Å². The fourth-order valence-corrected chi connectivity index (χ4v) is 4.96. The number of hydrogen-bond donors (Lipinski definition) is 0. The predicted molar refractivity (Wildman–Crippen MR) is 136 cm³/mol. The van der Waals surface area contributed by atoms with Crippen molar-refractivity contribution in [2.75, 3.05) is 21.3 Å². The Balaban J connectivity index is 1.75. The van der Waals surface area contributed by atoms with E-state index in [1.165, 1.54) is 22.5 Å². The highest BCUT2D eigenvalue weighted by atomic mass is 32.1. The summed E-state index contributed by atoms with van der Waals surface area (Å²) in [6, 6.07) is 21.9. The van der Waals surface area contributed by atoms with Gasteiger partial charge >= 0.3 is 0 Å². The lowest BCUT2D eigenvalue weighted by atomic mass is 10.1. The summed E-state index contributed by atoms with van der Waals surface area (Å²) in [5.74, 6) is 2.20. The average Bonchev–Trinajstić information content (AvgIpc) is 3.48. The van der Waals surface area contributed by atoms with Crippen LogP contribution in [-0.2, 0) is 6.42 Å². The average molecular weight is 472 g/mol. The van der Waals surface area contributed by atoms with Crippen molar-refractivity contribution < 1.29 is 14.2 Å².